The molecule has 0 amide bonds. The number of nitrogens with one attached hydrogen (secondary N) is 1. The highest BCUT2D eigenvalue weighted by atomic mass is 79.9. The highest BCUT2D eigenvalue weighted by Crippen LogP contribution is 2.37. The maximum absolute atomic E-state index is 10.4. The number of benzene rings is 3. The quantitative estimate of drug-likeness (QED) is 0.387. The minimum Gasteiger partial charge on any atom is -0.508 e. The van der Waals surface area contributed by atoms with Crippen molar-refractivity contribution < 1.29 is 5.11 Å². The van der Waals surface area contributed by atoms with Crippen LogP contribution in [0, 0.1) is 0 Å². The fourth-order valence-corrected chi connectivity index (χ4v) is 4.53. The van der Waals surface area contributed by atoms with Crippen molar-refractivity contribution in [3.8, 4) is 5.75 Å². The van der Waals surface area contributed by atoms with Gasteiger partial charge in [0.25, 0.3) is 0 Å². The van der Waals surface area contributed by atoms with Crippen molar-refractivity contribution in [3.05, 3.63) is 96.9 Å². The average Bonchev–Trinajstić information content (AvgIpc) is 2.69. The van der Waals surface area contributed by atoms with E-state index in [2.05, 4.69) is 21.2 Å². The first-order chi connectivity index (χ1) is 13.9. The number of halogens is 4. The highest BCUT2D eigenvalue weighted by Gasteiger charge is 2.29. The van der Waals surface area contributed by atoms with Gasteiger partial charge in [0, 0.05) is 48.8 Å². The zero-order valence-corrected chi connectivity index (χ0v) is 18.9. The molecule has 0 spiro atoms. The molecule has 2 unspecified atom stereocenters. The Hall–Kier alpha value is -1.56. The molecule has 0 radical (unpaired) electrons. The van der Waals surface area contributed by atoms with Crippen LogP contribution >= 0.6 is 50.7 Å². The van der Waals surface area contributed by atoms with Gasteiger partial charge in [0.15, 0.2) is 0 Å². The summed E-state index contributed by atoms with van der Waals surface area (Å²) in [5, 5.41) is 15.6. The highest BCUT2D eigenvalue weighted by molar-refractivity contribution is 9.10. The van der Waals surface area contributed by atoms with Gasteiger partial charge in [0.05, 0.1) is 0 Å². The number of aromatic hydroxyl groups is 1. The minimum atomic E-state index is -0.397. The Morgan fingerprint density at radius 3 is 2.45 bits per heavy atom. The molecule has 0 saturated carbocycles. The molecule has 29 heavy (non-hydrogen) atoms. The molecule has 3 aromatic carbocycles. The SMILES string of the molecule is Oc1ccc(Cl)cc1C1CC(c2cccc(Br)c2)=NC(c2ccc(Cl)cc2Cl)N1. The van der Waals surface area contributed by atoms with Gasteiger partial charge in [-0.25, -0.2) is 0 Å². The summed E-state index contributed by atoms with van der Waals surface area (Å²) in [7, 11) is 0. The number of phenols is 1. The van der Waals surface area contributed by atoms with Gasteiger partial charge in [-0.1, -0.05) is 68.9 Å². The molecule has 2 N–H and O–H groups in total. The molecule has 0 saturated heterocycles. The lowest BCUT2D eigenvalue weighted by atomic mass is 9.93. The molecule has 4 rings (SSSR count). The van der Waals surface area contributed by atoms with E-state index < -0.39 is 6.17 Å². The van der Waals surface area contributed by atoms with Crippen molar-refractivity contribution in [2.75, 3.05) is 0 Å². The summed E-state index contributed by atoms with van der Waals surface area (Å²) in [6.07, 6.45) is 0.192. The standard InChI is InChI=1S/C22H16BrCl3N2O/c23-13-3-1-2-12(8-13)19-11-20(17-9-14(24)5-7-21(17)29)28-22(27-19)16-6-4-15(25)10-18(16)26/h1-10,20,22,28-29H,11H2. The number of rotatable bonds is 3. The predicted molar refractivity (Wildman–Crippen MR) is 123 cm³/mol. The molecule has 3 nitrogen and oxygen atoms in total. The second-order valence-corrected chi connectivity index (χ2v) is 8.98. The van der Waals surface area contributed by atoms with Crippen LogP contribution in [0.3, 0.4) is 0 Å². The maximum Gasteiger partial charge on any atom is 0.127 e. The van der Waals surface area contributed by atoms with Crippen LogP contribution in [0.2, 0.25) is 15.1 Å². The lowest BCUT2D eigenvalue weighted by molar-refractivity contribution is 0.413. The van der Waals surface area contributed by atoms with Crippen LogP contribution in [0.15, 0.2) is 70.1 Å². The van der Waals surface area contributed by atoms with Gasteiger partial charge in [0.1, 0.15) is 11.9 Å². The Kier molecular flexibility index (Phi) is 6.19. The summed E-state index contributed by atoms with van der Waals surface area (Å²) in [5.41, 5.74) is 3.44. The van der Waals surface area contributed by atoms with Crippen molar-refractivity contribution in [1.29, 1.82) is 0 Å². The summed E-state index contributed by atoms with van der Waals surface area (Å²) >= 11 is 22.2. The second-order valence-electron chi connectivity index (χ2n) is 6.78. The van der Waals surface area contributed by atoms with Crippen LogP contribution in [0.1, 0.15) is 35.3 Å². The fraction of sp³-hybridized carbons (Fsp3) is 0.136. The molecule has 148 valence electrons. The van der Waals surface area contributed by atoms with E-state index >= 15 is 0 Å². The van der Waals surface area contributed by atoms with E-state index in [4.69, 9.17) is 39.8 Å². The third-order valence-electron chi connectivity index (χ3n) is 4.82. The number of aliphatic imine (C=N–C) groups is 1. The molecule has 3 aromatic rings. The first kappa shape index (κ1) is 20.7. The molecule has 1 aliphatic heterocycles. The van der Waals surface area contributed by atoms with Crippen LogP contribution < -0.4 is 5.32 Å². The molecule has 7 heteroatoms. The number of phenolic OH excluding ortho intramolecular Hbond substituents is 1. The number of hydrogen-bond donors (Lipinski definition) is 2. The topological polar surface area (TPSA) is 44.6 Å². The minimum absolute atomic E-state index is 0.184. The van der Waals surface area contributed by atoms with Crippen molar-refractivity contribution >= 4 is 56.4 Å². The Morgan fingerprint density at radius 2 is 1.69 bits per heavy atom. The smallest absolute Gasteiger partial charge is 0.127 e. The van der Waals surface area contributed by atoms with Gasteiger partial charge < -0.3 is 5.11 Å². The van der Waals surface area contributed by atoms with Crippen LogP contribution in [0.4, 0.5) is 0 Å². The van der Waals surface area contributed by atoms with Crippen LogP contribution in [0.5, 0.6) is 5.75 Å². The van der Waals surface area contributed by atoms with E-state index in [1.54, 1.807) is 30.3 Å². The van der Waals surface area contributed by atoms with Crippen molar-refractivity contribution in [2.45, 2.75) is 18.6 Å². The second kappa shape index (κ2) is 8.66. The Morgan fingerprint density at radius 1 is 0.931 bits per heavy atom. The first-order valence-electron chi connectivity index (χ1n) is 8.93. The van der Waals surface area contributed by atoms with Crippen molar-refractivity contribution in [2.24, 2.45) is 4.99 Å². The van der Waals surface area contributed by atoms with Gasteiger partial charge in [-0.15, -0.1) is 0 Å². The lowest BCUT2D eigenvalue weighted by Crippen LogP contribution is -2.33. The third-order valence-corrected chi connectivity index (χ3v) is 6.11. The maximum atomic E-state index is 10.4. The van der Waals surface area contributed by atoms with Gasteiger partial charge in [0.2, 0.25) is 0 Å². The van der Waals surface area contributed by atoms with Gasteiger partial charge in [-0.05, 0) is 48.0 Å². The molecule has 1 aliphatic rings. The van der Waals surface area contributed by atoms with Crippen molar-refractivity contribution in [3.63, 3.8) is 0 Å². The van der Waals surface area contributed by atoms with E-state index in [0.29, 0.717) is 21.5 Å². The first-order valence-corrected chi connectivity index (χ1v) is 10.9. The normalized spacial score (nSPS) is 19.1. The van der Waals surface area contributed by atoms with Crippen LogP contribution in [-0.4, -0.2) is 10.8 Å². The lowest BCUT2D eigenvalue weighted by Gasteiger charge is -2.31. The summed E-state index contributed by atoms with van der Waals surface area (Å²) in [4.78, 5) is 4.92. The summed E-state index contributed by atoms with van der Waals surface area (Å²) in [5.74, 6) is 0.184. The molecule has 1 heterocycles. The van der Waals surface area contributed by atoms with E-state index in [-0.39, 0.29) is 11.8 Å². The Labute approximate surface area is 192 Å². The van der Waals surface area contributed by atoms with Crippen molar-refractivity contribution in [1.82, 2.24) is 5.32 Å². The fourth-order valence-electron chi connectivity index (χ4n) is 3.44. The summed E-state index contributed by atoms with van der Waals surface area (Å²) in [6.45, 7) is 0. The zero-order chi connectivity index (χ0) is 20.5. The molecular formula is C22H16BrCl3N2O. The predicted octanol–water partition coefficient (Wildman–Crippen LogP) is 7.34. The van der Waals surface area contributed by atoms with E-state index in [0.717, 1.165) is 26.9 Å². The van der Waals surface area contributed by atoms with Crippen LogP contribution in [0.25, 0.3) is 0 Å². The van der Waals surface area contributed by atoms with Gasteiger partial charge in [-0.3, -0.25) is 10.3 Å². The van der Waals surface area contributed by atoms with Gasteiger partial charge in [-0.2, -0.15) is 0 Å². The van der Waals surface area contributed by atoms with Gasteiger partial charge >= 0.3 is 0 Å². The number of hydrogen-bond acceptors (Lipinski definition) is 3. The monoisotopic (exact) mass is 508 g/mol. The summed E-state index contributed by atoms with van der Waals surface area (Å²) in [6, 6.07) is 18.2. The summed E-state index contributed by atoms with van der Waals surface area (Å²) < 4.78 is 0.972. The molecular weight excluding hydrogens is 495 g/mol. The molecule has 0 bridgehead atoms. The Balaban J connectivity index is 1.81. The van der Waals surface area contributed by atoms with E-state index in [1.807, 2.05) is 30.3 Å². The Bertz CT molecular complexity index is 1100. The number of nitrogens with zero attached hydrogens (tertiary/aromatic N) is 1. The molecule has 0 fully saturated rings. The largest absolute Gasteiger partial charge is 0.508 e. The molecule has 0 aliphatic carbocycles. The zero-order valence-electron chi connectivity index (χ0n) is 15.0. The molecule has 2 atom stereocenters. The molecule has 0 aromatic heterocycles. The van der Waals surface area contributed by atoms with E-state index in [9.17, 15) is 5.11 Å². The third kappa shape index (κ3) is 4.62. The van der Waals surface area contributed by atoms with E-state index in [1.165, 1.54) is 0 Å². The average molecular weight is 511 g/mol. The van der Waals surface area contributed by atoms with Crippen LogP contribution in [-0.2, 0) is 0 Å².